The van der Waals surface area contributed by atoms with Crippen molar-refractivity contribution in [1.82, 2.24) is 10.3 Å². The van der Waals surface area contributed by atoms with Crippen molar-refractivity contribution in [3.05, 3.63) is 52.0 Å². The number of amides is 1. The summed E-state index contributed by atoms with van der Waals surface area (Å²) < 4.78 is 0. The highest BCUT2D eigenvalue weighted by Gasteiger charge is 2.22. The summed E-state index contributed by atoms with van der Waals surface area (Å²) in [5, 5.41) is 3.16. The first-order chi connectivity index (χ1) is 9.63. The second-order valence-corrected chi connectivity index (χ2v) is 5.85. The zero-order valence-corrected chi connectivity index (χ0v) is 12.9. The third-order valence-corrected chi connectivity index (χ3v) is 4.52. The molecule has 3 nitrogen and oxygen atoms in total. The first kappa shape index (κ1) is 14.7. The Labute approximate surface area is 124 Å². The van der Waals surface area contributed by atoms with Crippen molar-refractivity contribution in [2.75, 3.05) is 0 Å². The van der Waals surface area contributed by atoms with Gasteiger partial charge < -0.3 is 5.32 Å². The topological polar surface area (TPSA) is 42.0 Å². The molecular weight excluding hydrogens is 268 g/mol. The van der Waals surface area contributed by atoms with Gasteiger partial charge in [-0.25, -0.2) is 4.98 Å². The Morgan fingerprint density at radius 2 is 2.05 bits per heavy atom. The predicted molar refractivity (Wildman–Crippen MR) is 82.7 cm³/mol. The van der Waals surface area contributed by atoms with Gasteiger partial charge in [-0.1, -0.05) is 44.2 Å². The van der Waals surface area contributed by atoms with Gasteiger partial charge in [0.05, 0.1) is 22.1 Å². The maximum atomic E-state index is 12.2. The van der Waals surface area contributed by atoms with Gasteiger partial charge in [-0.2, -0.15) is 0 Å². The fraction of sp³-hybridized carbons (Fsp3) is 0.375. The van der Waals surface area contributed by atoms with Gasteiger partial charge in [-0.05, 0) is 18.9 Å². The van der Waals surface area contributed by atoms with E-state index in [2.05, 4.69) is 10.3 Å². The molecule has 1 amide bonds. The fourth-order valence-corrected chi connectivity index (χ4v) is 2.88. The summed E-state index contributed by atoms with van der Waals surface area (Å²) in [7, 11) is 0. The molecule has 0 aliphatic heterocycles. The van der Waals surface area contributed by atoms with Crippen molar-refractivity contribution in [1.29, 1.82) is 0 Å². The maximum Gasteiger partial charge on any atom is 0.223 e. The molecule has 0 spiro atoms. The van der Waals surface area contributed by atoms with E-state index >= 15 is 0 Å². The Hall–Kier alpha value is -1.68. The van der Waals surface area contributed by atoms with Crippen LogP contribution < -0.4 is 5.32 Å². The van der Waals surface area contributed by atoms with Gasteiger partial charge in [0.2, 0.25) is 5.91 Å². The van der Waals surface area contributed by atoms with Gasteiger partial charge in [-0.15, -0.1) is 11.3 Å². The minimum atomic E-state index is -0.106. The summed E-state index contributed by atoms with van der Waals surface area (Å²) in [4.78, 5) is 17.6. The van der Waals surface area contributed by atoms with Crippen molar-refractivity contribution in [3.8, 4) is 0 Å². The molecule has 0 saturated carbocycles. The maximum absolute atomic E-state index is 12.2. The number of nitrogens with zero attached hydrogens (tertiary/aromatic N) is 1. The van der Waals surface area contributed by atoms with Crippen molar-refractivity contribution < 1.29 is 4.79 Å². The monoisotopic (exact) mass is 288 g/mol. The molecule has 20 heavy (non-hydrogen) atoms. The van der Waals surface area contributed by atoms with Crippen LogP contribution in [0.4, 0.5) is 0 Å². The molecule has 0 bridgehead atoms. The van der Waals surface area contributed by atoms with Crippen LogP contribution in [0.5, 0.6) is 0 Å². The molecule has 1 unspecified atom stereocenters. The van der Waals surface area contributed by atoms with E-state index in [9.17, 15) is 4.79 Å². The third kappa shape index (κ3) is 3.25. The largest absolute Gasteiger partial charge is 0.344 e. The summed E-state index contributed by atoms with van der Waals surface area (Å²) in [6, 6.07) is 9.95. The van der Waals surface area contributed by atoms with E-state index in [0.717, 1.165) is 22.6 Å². The molecule has 106 valence electrons. The van der Waals surface area contributed by atoms with Gasteiger partial charge in [0, 0.05) is 5.92 Å². The summed E-state index contributed by atoms with van der Waals surface area (Å²) in [6.07, 6.45) is 0.842. The van der Waals surface area contributed by atoms with Crippen LogP contribution in [-0.4, -0.2) is 10.9 Å². The number of rotatable bonds is 5. The molecule has 1 aromatic heterocycles. The molecule has 2 rings (SSSR count). The van der Waals surface area contributed by atoms with E-state index in [1.807, 2.05) is 56.6 Å². The summed E-state index contributed by atoms with van der Waals surface area (Å²) in [6.45, 7) is 5.97. The summed E-state index contributed by atoms with van der Waals surface area (Å²) >= 11 is 1.59. The Morgan fingerprint density at radius 3 is 2.60 bits per heavy atom. The van der Waals surface area contributed by atoms with E-state index in [-0.39, 0.29) is 17.9 Å². The number of carbonyl (C=O) groups excluding carboxylic acids is 1. The number of thiazole rings is 1. The van der Waals surface area contributed by atoms with Gasteiger partial charge in [0.15, 0.2) is 0 Å². The molecule has 1 N–H and O–H groups in total. The molecule has 1 heterocycles. The first-order valence-electron chi connectivity index (χ1n) is 6.88. The molecule has 0 radical (unpaired) electrons. The standard InChI is InChI=1S/C16H20N2OS/c1-4-11(2)16(19)18-14(13-8-6-5-7-9-13)15-12(3)17-10-20-15/h5-11,14H,4H2,1-3H3,(H,18,19)/t11-,14?/m0/s1. The number of hydrogen-bond acceptors (Lipinski definition) is 3. The number of carbonyl (C=O) groups is 1. The summed E-state index contributed by atoms with van der Waals surface area (Å²) in [5.74, 6) is 0.114. The second-order valence-electron chi connectivity index (χ2n) is 4.96. The highest BCUT2D eigenvalue weighted by Crippen LogP contribution is 2.28. The number of nitrogens with one attached hydrogen (secondary N) is 1. The lowest BCUT2D eigenvalue weighted by Gasteiger charge is -2.20. The van der Waals surface area contributed by atoms with E-state index in [0.29, 0.717) is 0 Å². The number of benzene rings is 1. The average molecular weight is 288 g/mol. The first-order valence-corrected chi connectivity index (χ1v) is 7.76. The lowest BCUT2D eigenvalue weighted by Crippen LogP contribution is -2.33. The lowest BCUT2D eigenvalue weighted by atomic mass is 10.0. The molecule has 4 heteroatoms. The molecule has 2 aromatic rings. The molecule has 0 aliphatic rings. The lowest BCUT2D eigenvalue weighted by molar-refractivity contribution is -0.125. The van der Waals surface area contributed by atoms with Crippen LogP contribution in [0.3, 0.4) is 0 Å². The number of hydrogen-bond donors (Lipinski definition) is 1. The summed E-state index contributed by atoms with van der Waals surface area (Å²) in [5.41, 5.74) is 3.90. The average Bonchev–Trinajstić information content (AvgIpc) is 2.90. The van der Waals surface area contributed by atoms with Crippen molar-refractivity contribution in [3.63, 3.8) is 0 Å². The van der Waals surface area contributed by atoms with Crippen LogP contribution >= 0.6 is 11.3 Å². The van der Waals surface area contributed by atoms with E-state index in [1.165, 1.54) is 0 Å². The van der Waals surface area contributed by atoms with Gasteiger partial charge in [-0.3, -0.25) is 4.79 Å². The van der Waals surface area contributed by atoms with Crippen LogP contribution in [0.25, 0.3) is 0 Å². The molecule has 0 aliphatic carbocycles. The van der Waals surface area contributed by atoms with Crippen LogP contribution in [0.1, 0.15) is 42.4 Å². The minimum Gasteiger partial charge on any atom is -0.344 e. The fourth-order valence-electron chi connectivity index (χ4n) is 2.00. The quantitative estimate of drug-likeness (QED) is 0.911. The number of aromatic nitrogens is 1. The molecule has 2 atom stereocenters. The van der Waals surface area contributed by atoms with E-state index < -0.39 is 0 Å². The van der Waals surface area contributed by atoms with Gasteiger partial charge in [0.25, 0.3) is 0 Å². The Morgan fingerprint density at radius 1 is 1.35 bits per heavy atom. The van der Waals surface area contributed by atoms with Gasteiger partial charge in [0.1, 0.15) is 0 Å². The molecular formula is C16H20N2OS. The molecule has 0 fully saturated rings. The van der Waals surface area contributed by atoms with Crippen LogP contribution in [-0.2, 0) is 4.79 Å². The molecule has 1 aromatic carbocycles. The van der Waals surface area contributed by atoms with Crippen molar-refractivity contribution >= 4 is 17.2 Å². The number of aryl methyl sites for hydroxylation is 1. The molecule has 0 saturated heterocycles. The minimum absolute atomic E-state index is 0.0226. The predicted octanol–water partition coefficient (Wildman–Crippen LogP) is 3.70. The van der Waals surface area contributed by atoms with Crippen LogP contribution in [0.15, 0.2) is 35.8 Å². The van der Waals surface area contributed by atoms with Crippen molar-refractivity contribution in [2.24, 2.45) is 5.92 Å². The van der Waals surface area contributed by atoms with Crippen LogP contribution in [0, 0.1) is 12.8 Å². The SMILES string of the molecule is CC[C@H](C)C(=O)NC(c1ccccc1)c1scnc1C. The van der Waals surface area contributed by atoms with Crippen LogP contribution in [0.2, 0.25) is 0 Å². The Kier molecular flexibility index (Phi) is 4.90. The smallest absolute Gasteiger partial charge is 0.223 e. The van der Waals surface area contributed by atoms with E-state index in [4.69, 9.17) is 0 Å². The highest BCUT2D eigenvalue weighted by atomic mass is 32.1. The van der Waals surface area contributed by atoms with Gasteiger partial charge >= 0.3 is 0 Å². The van der Waals surface area contributed by atoms with E-state index in [1.54, 1.807) is 11.3 Å². The zero-order valence-electron chi connectivity index (χ0n) is 12.1. The highest BCUT2D eigenvalue weighted by molar-refractivity contribution is 7.09. The zero-order chi connectivity index (χ0) is 14.5. The van der Waals surface area contributed by atoms with Crippen molar-refractivity contribution in [2.45, 2.75) is 33.2 Å². The second kappa shape index (κ2) is 6.66. The Balaban J connectivity index is 2.31. The third-order valence-electron chi connectivity index (χ3n) is 3.52. The Bertz CT molecular complexity index is 565. The normalized spacial score (nSPS) is 13.8.